The summed E-state index contributed by atoms with van der Waals surface area (Å²) in [6.07, 6.45) is -6.59. The molecule has 0 saturated heterocycles. The maximum absolute atomic E-state index is 13.0. The molecule has 0 radical (unpaired) electrons. The summed E-state index contributed by atoms with van der Waals surface area (Å²) in [5.41, 5.74) is -1.01. The fourth-order valence-electron chi connectivity index (χ4n) is 3.79. The van der Waals surface area contributed by atoms with Crippen LogP contribution in [0.5, 0.6) is 0 Å². The third-order valence-electron chi connectivity index (χ3n) is 4.67. The summed E-state index contributed by atoms with van der Waals surface area (Å²) in [5, 5.41) is -0.439. The lowest BCUT2D eigenvalue weighted by molar-refractivity contribution is -0.165. The Morgan fingerprint density at radius 1 is 0.870 bits per heavy atom. The van der Waals surface area contributed by atoms with Gasteiger partial charge in [-0.25, -0.2) is 0 Å². The molecule has 4 atom stereocenters. The second-order valence-electron chi connectivity index (χ2n) is 7.08. The highest BCUT2D eigenvalue weighted by molar-refractivity contribution is 8.00. The molecule has 0 nitrogen and oxygen atoms in total. The van der Waals surface area contributed by atoms with Gasteiger partial charge in [0.15, 0.2) is 0 Å². The van der Waals surface area contributed by atoms with Gasteiger partial charge in [-0.1, -0.05) is 19.9 Å². The molecule has 2 rings (SSSR count). The standard InChI is InChI=1S/C16H22F6S/c1-9-3-10(2)5-13(4-9)23-14-7-11(15(17,18)19)6-12(8-14)16(20,21)22/h6,9-11,13-14H,3-5,7-8H2,1-2H3. The normalized spacial score (nSPS) is 36.7. The summed E-state index contributed by atoms with van der Waals surface area (Å²) in [6, 6.07) is 0. The first-order valence-electron chi connectivity index (χ1n) is 7.95. The molecule has 1 fully saturated rings. The van der Waals surface area contributed by atoms with E-state index >= 15 is 0 Å². The van der Waals surface area contributed by atoms with Crippen LogP contribution in [-0.4, -0.2) is 22.9 Å². The molecule has 0 bridgehead atoms. The molecule has 0 aromatic heterocycles. The Balaban J connectivity index is 2.09. The quantitative estimate of drug-likeness (QED) is 0.407. The smallest absolute Gasteiger partial charge is 0.170 e. The van der Waals surface area contributed by atoms with E-state index in [9.17, 15) is 26.3 Å². The van der Waals surface area contributed by atoms with Gasteiger partial charge in [-0.2, -0.15) is 38.1 Å². The molecule has 0 N–H and O–H groups in total. The molecule has 134 valence electrons. The van der Waals surface area contributed by atoms with Crippen molar-refractivity contribution in [3.05, 3.63) is 11.6 Å². The van der Waals surface area contributed by atoms with E-state index in [-0.39, 0.29) is 18.1 Å². The minimum Gasteiger partial charge on any atom is -0.170 e. The van der Waals surface area contributed by atoms with Crippen molar-refractivity contribution in [2.24, 2.45) is 17.8 Å². The van der Waals surface area contributed by atoms with Crippen molar-refractivity contribution in [3.8, 4) is 0 Å². The molecule has 2 aliphatic carbocycles. The minimum absolute atomic E-state index is 0.167. The SMILES string of the molecule is CC1CC(C)CC(SC2CC(C(F)(F)F)=CC(C(F)(F)F)C2)C1. The average molecular weight is 360 g/mol. The topological polar surface area (TPSA) is 0 Å². The van der Waals surface area contributed by atoms with Gasteiger partial charge in [-0.15, -0.1) is 0 Å². The van der Waals surface area contributed by atoms with E-state index in [0.29, 0.717) is 17.9 Å². The summed E-state index contributed by atoms with van der Waals surface area (Å²) in [6.45, 7) is 4.20. The molecule has 0 aromatic rings. The number of hydrogen-bond donors (Lipinski definition) is 0. The second-order valence-corrected chi connectivity index (χ2v) is 8.68. The van der Waals surface area contributed by atoms with Gasteiger partial charge in [-0.05, 0) is 43.9 Å². The van der Waals surface area contributed by atoms with Crippen molar-refractivity contribution in [2.75, 3.05) is 0 Å². The first-order valence-corrected chi connectivity index (χ1v) is 8.89. The minimum atomic E-state index is -4.67. The fraction of sp³-hybridized carbons (Fsp3) is 0.875. The van der Waals surface area contributed by atoms with Crippen LogP contribution in [0.4, 0.5) is 26.3 Å². The predicted molar refractivity (Wildman–Crippen MR) is 80.3 cm³/mol. The molecular weight excluding hydrogens is 338 g/mol. The van der Waals surface area contributed by atoms with E-state index < -0.39 is 29.1 Å². The van der Waals surface area contributed by atoms with E-state index in [1.54, 1.807) is 0 Å². The molecule has 2 aliphatic rings. The van der Waals surface area contributed by atoms with Gasteiger partial charge in [0.25, 0.3) is 0 Å². The van der Waals surface area contributed by atoms with Crippen molar-refractivity contribution >= 4 is 11.8 Å². The van der Waals surface area contributed by atoms with Crippen LogP contribution in [-0.2, 0) is 0 Å². The lowest BCUT2D eigenvalue weighted by Crippen LogP contribution is -2.33. The molecule has 1 saturated carbocycles. The lowest BCUT2D eigenvalue weighted by Gasteiger charge is -2.36. The van der Waals surface area contributed by atoms with Crippen LogP contribution in [0.1, 0.15) is 46.0 Å². The average Bonchev–Trinajstić information content (AvgIpc) is 2.34. The molecule has 23 heavy (non-hydrogen) atoms. The van der Waals surface area contributed by atoms with Crippen molar-refractivity contribution in [1.29, 1.82) is 0 Å². The number of alkyl halides is 6. The highest BCUT2D eigenvalue weighted by atomic mass is 32.2. The van der Waals surface area contributed by atoms with Gasteiger partial charge in [-0.3, -0.25) is 0 Å². The van der Waals surface area contributed by atoms with Crippen LogP contribution in [0.25, 0.3) is 0 Å². The number of halogens is 6. The van der Waals surface area contributed by atoms with Gasteiger partial charge < -0.3 is 0 Å². The number of allylic oxidation sites excluding steroid dienone is 2. The van der Waals surface area contributed by atoms with Gasteiger partial charge in [0, 0.05) is 16.1 Å². The summed E-state index contributed by atoms with van der Waals surface area (Å²) in [4.78, 5) is 0. The second kappa shape index (κ2) is 6.89. The van der Waals surface area contributed by atoms with Crippen molar-refractivity contribution in [1.82, 2.24) is 0 Å². The summed E-state index contributed by atoms with van der Waals surface area (Å²) in [5.74, 6) is -1.02. The molecule has 0 heterocycles. The Bertz CT molecular complexity index is 429. The van der Waals surface area contributed by atoms with Gasteiger partial charge in [0.2, 0.25) is 0 Å². The zero-order chi connectivity index (χ0) is 17.4. The van der Waals surface area contributed by atoms with Crippen LogP contribution < -0.4 is 0 Å². The first kappa shape index (κ1) is 19.0. The number of hydrogen-bond acceptors (Lipinski definition) is 1. The van der Waals surface area contributed by atoms with Crippen LogP contribution in [0.2, 0.25) is 0 Å². The van der Waals surface area contributed by atoms with Crippen LogP contribution >= 0.6 is 11.8 Å². The molecule has 0 spiro atoms. The van der Waals surface area contributed by atoms with Crippen molar-refractivity contribution in [2.45, 2.75) is 68.8 Å². The molecule has 4 unspecified atom stereocenters. The van der Waals surface area contributed by atoms with E-state index in [1.165, 1.54) is 11.8 Å². The summed E-state index contributed by atoms with van der Waals surface area (Å²) >= 11 is 1.35. The van der Waals surface area contributed by atoms with Crippen LogP contribution in [0.3, 0.4) is 0 Å². The third kappa shape index (κ3) is 5.33. The largest absolute Gasteiger partial charge is 0.412 e. The zero-order valence-electron chi connectivity index (χ0n) is 13.2. The Hall–Kier alpha value is -0.330. The van der Waals surface area contributed by atoms with Gasteiger partial charge in [0.05, 0.1) is 5.92 Å². The maximum Gasteiger partial charge on any atom is 0.412 e. The molecule has 7 heteroatoms. The first-order chi connectivity index (χ1) is 10.4. The molecule has 0 amide bonds. The van der Waals surface area contributed by atoms with E-state index in [1.807, 2.05) is 0 Å². The molecule has 0 aliphatic heterocycles. The number of thioether (sulfide) groups is 1. The van der Waals surface area contributed by atoms with Gasteiger partial charge >= 0.3 is 12.4 Å². The predicted octanol–water partition coefficient (Wildman–Crippen LogP) is 6.37. The van der Waals surface area contributed by atoms with Crippen molar-refractivity contribution in [3.63, 3.8) is 0 Å². The monoisotopic (exact) mass is 360 g/mol. The van der Waals surface area contributed by atoms with E-state index in [4.69, 9.17) is 0 Å². The maximum atomic E-state index is 13.0. The third-order valence-corrected chi connectivity index (χ3v) is 6.19. The van der Waals surface area contributed by atoms with Crippen LogP contribution in [0.15, 0.2) is 11.6 Å². The fourth-order valence-corrected chi connectivity index (χ4v) is 5.81. The molecular formula is C16H22F6S. The summed E-state index contributed by atoms with van der Waals surface area (Å²) in [7, 11) is 0. The Morgan fingerprint density at radius 3 is 1.91 bits per heavy atom. The van der Waals surface area contributed by atoms with E-state index in [2.05, 4.69) is 13.8 Å². The van der Waals surface area contributed by atoms with Crippen molar-refractivity contribution < 1.29 is 26.3 Å². The highest BCUT2D eigenvalue weighted by Crippen LogP contribution is 2.47. The lowest BCUT2D eigenvalue weighted by atomic mass is 9.83. The Labute approximate surface area is 137 Å². The molecule has 0 aromatic carbocycles. The summed E-state index contributed by atoms with van der Waals surface area (Å²) < 4.78 is 77.7. The highest BCUT2D eigenvalue weighted by Gasteiger charge is 2.47. The van der Waals surface area contributed by atoms with Crippen LogP contribution in [0, 0.1) is 17.8 Å². The van der Waals surface area contributed by atoms with Gasteiger partial charge in [0.1, 0.15) is 0 Å². The van der Waals surface area contributed by atoms with E-state index in [0.717, 1.165) is 19.3 Å². The Kier molecular flexibility index (Phi) is 5.69. The Morgan fingerprint density at radius 2 is 1.43 bits per heavy atom. The zero-order valence-corrected chi connectivity index (χ0v) is 14.0. The number of rotatable bonds is 2.